The zero-order valence-electron chi connectivity index (χ0n) is 19.9. The molecule has 0 aliphatic carbocycles. The van der Waals surface area contributed by atoms with Gasteiger partial charge in [-0.25, -0.2) is 4.39 Å². The number of carbonyl (C=O) groups is 1. The smallest absolute Gasteiger partial charge is 0.408 e. The van der Waals surface area contributed by atoms with E-state index in [0.717, 1.165) is 29.7 Å². The Morgan fingerprint density at radius 1 is 1.14 bits per heavy atom. The molecule has 6 nitrogen and oxygen atoms in total. The van der Waals surface area contributed by atoms with Gasteiger partial charge in [0.25, 0.3) is 5.91 Å². The Bertz CT molecular complexity index is 1460. The number of fused-ring (bicyclic) bond motifs is 3. The van der Waals surface area contributed by atoms with E-state index in [-0.39, 0.29) is 0 Å². The van der Waals surface area contributed by atoms with E-state index in [1.54, 1.807) is 6.07 Å². The first-order chi connectivity index (χ1) is 17.5. The molecule has 3 heterocycles. The van der Waals surface area contributed by atoms with Crippen LogP contribution in [0.3, 0.4) is 0 Å². The van der Waals surface area contributed by atoms with Crippen molar-refractivity contribution in [1.82, 2.24) is 9.58 Å². The highest BCUT2D eigenvalue weighted by atomic mass is 32.2. The number of hydrogen-bond acceptors (Lipinski definition) is 5. The van der Waals surface area contributed by atoms with Gasteiger partial charge in [0.05, 0.1) is 6.04 Å². The minimum Gasteiger partial charge on any atom is -0.502 e. The maximum Gasteiger partial charge on any atom is 0.408 e. The number of alkyl halides is 3. The number of aromatic nitrogens is 1. The second kappa shape index (κ2) is 9.13. The number of benzene rings is 2. The molecule has 5 rings (SSSR count). The summed E-state index contributed by atoms with van der Waals surface area (Å²) in [5.74, 6) is -2.09. The maximum atomic E-state index is 15.1. The van der Waals surface area contributed by atoms with Crippen molar-refractivity contribution in [2.75, 3.05) is 11.7 Å². The van der Waals surface area contributed by atoms with Crippen molar-refractivity contribution >= 4 is 17.7 Å². The van der Waals surface area contributed by atoms with Crippen LogP contribution in [0.2, 0.25) is 0 Å². The molecular formula is C26H23F4N3O3S. The molecule has 2 aliphatic rings. The summed E-state index contributed by atoms with van der Waals surface area (Å²) in [5.41, 5.74) is 1.64. The summed E-state index contributed by atoms with van der Waals surface area (Å²) in [6.45, 7) is 2.29. The third-order valence-corrected chi connectivity index (χ3v) is 8.11. The summed E-state index contributed by atoms with van der Waals surface area (Å²) in [6.07, 6.45) is -2.90. The van der Waals surface area contributed by atoms with Crippen LogP contribution in [0, 0.1) is 5.82 Å². The number of amides is 1. The molecule has 0 spiro atoms. The Labute approximate surface area is 214 Å². The second-order valence-corrected chi connectivity index (χ2v) is 9.97. The summed E-state index contributed by atoms with van der Waals surface area (Å²) < 4.78 is 57.9. The van der Waals surface area contributed by atoms with Crippen molar-refractivity contribution < 1.29 is 27.5 Å². The number of nitrogens with zero attached hydrogens (tertiary/aromatic N) is 3. The average Bonchev–Trinajstić information content (AvgIpc) is 3.03. The largest absolute Gasteiger partial charge is 0.502 e. The van der Waals surface area contributed by atoms with Gasteiger partial charge in [0.1, 0.15) is 18.5 Å². The number of aromatic hydroxyl groups is 1. The van der Waals surface area contributed by atoms with Crippen LogP contribution in [0.5, 0.6) is 5.75 Å². The monoisotopic (exact) mass is 533 g/mol. The molecule has 2 aromatic carbocycles. The summed E-state index contributed by atoms with van der Waals surface area (Å²) in [5, 5.41) is 12.1. The summed E-state index contributed by atoms with van der Waals surface area (Å²) in [4.78, 5) is 26.5. The Morgan fingerprint density at radius 2 is 1.86 bits per heavy atom. The number of aryl methyl sites for hydroxylation is 1. The second-order valence-electron chi connectivity index (χ2n) is 8.99. The zero-order chi connectivity index (χ0) is 26.6. The summed E-state index contributed by atoms with van der Waals surface area (Å²) in [7, 11) is 0. The summed E-state index contributed by atoms with van der Waals surface area (Å²) in [6, 6.07) is 8.30. The first-order valence-electron chi connectivity index (χ1n) is 11.7. The molecule has 1 N–H and O–H groups in total. The van der Waals surface area contributed by atoms with Crippen LogP contribution in [0.25, 0.3) is 0 Å². The van der Waals surface area contributed by atoms with Gasteiger partial charge in [-0.3, -0.25) is 19.3 Å². The zero-order valence-corrected chi connectivity index (χ0v) is 20.7. The first kappa shape index (κ1) is 25.2. The van der Waals surface area contributed by atoms with E-state index in [4.69, 9.17) is 0 Å². The lowest BCUT2D eigenvalue weighted by Gasteiger charge is -2.46. The van der Waals surface area contributed by atoms with Gasteiger partial charge in [-0.15, -0.1) is 11.8 Å². The van der Waals surface area contributed by atoms with Gasteiger partial charge in [-0.05, 0) is 41.7 Å². The van der Waals surface area contributed by atoms with Crippen molar-refractivity contribution in [3.63, 3.8) is 0 Å². The minimum atomic E-state index is -4.76. The van der Waals surface area contributed by atoms with Crippen LogP contribution < -0.4 is 10.4 Å². The van der Waals surface area contributed by atoms with Crippen molar-refractivity contribution in [1.29, 1.82) is 0 Å². The third-order valence-electron chi connectivity index (χ3n) is 6.94. The molecule has 194 valence electrons. The molecule has 0 saturated carbocycles. The molecule has 2 aliphatic heterocycles. The predicted molar refractivity (Wildman–Crippen MR) is 131 cm³/mol. The highest BCUT2D eigenvalue weighted by Gasteiger charge is 2.48. The Hall–Kier alpha value is -3.47. The van der Waals surface area contributed by atoms with E-state index >= 15 is 4.39 Å². The molecule has 1 unspecified atom stereocenters. The first-order valence-corrected chi connectivity index (χ1v) is 12.6. The van der Waals surface area contributed by atoms with Gasteiger partial charge in [0.15, 0.2) is 11.4 Å². The number of rotatable bonds is 3. The number of thioether (sulfide) groups is 1. The van der Waals surface area contributed by atoms with Crippen LogP contribution in [0.15, 0.2) is 58.4 Å². The molecule has 1 aromatic heterocycles. The Morgan fingerprint density at radius 3 is 2.57 bits per heavy atom. The molecule has 2 atom stereocenters. The minimum absolute atomic E-state index is 0.352. The predicted octanol–water partition coefficient (Wildman–Crippen LogP) is 4.95. The molecule has 0 radical (unpaired) electrons. The van der Waals surface area contributed by atoms with Crippen molar-refractivity contribution in [3.8, 4) is 5.75 Å². The molecule has 0 fully saturated rings. The SMILES string of the molecule is CCc1cccc2c1[C@@H](N1CN(C(C)C(F)(F)F)C(=O)c3c(O)c(=O)ccn31)c1cccc(F)c1SC2. The Balaban J connectivity index is 1.83. The average molecular weight is 534 g/mol. The fraction of sp³-hybridized carbons (Fsp3) is 0.308. The molecule has 0 saturated heterocycles. The quantitative estimate of drug-likeness (QED) is 0.483. The number of carbonyl (C=O) groups excluding carboxylic acids is 1. The Kier molecular flexibility index (Phi) is 6.21. The van der Waals surface area contributed by atoms with E-state index in [2.05, 4.69) is 0 Å². The highest BCUT2D eigenvalue weighted by molar-refractivity contribution is 7.98. The normalized spacial score (nSPS) is 18.1. The van der Waals surface area contributed by atoms with Gasteiger partial charge in [-0.1, -0.05) is 37.3 Å². The van der Waals surface area contributed by atoms with Crippen molar-refractivity contribution in [2.45, 2.75) is 49.2 Å². The van der Waals surface area contributed by atoms with E-state index in [1.807, 2.05) is 25.1 Å². The number of pyridine rings is 1. The number of hydrogen-bond donors (Lipinski definition) is 1. The van der Waals surface area contributed by atoms with E-state index in [0.29, 0.717) is 27.5 Å². The van der Waals surface area contributed by atoms with E-state index in [1.165, 1.54) is 39.8 Å². The summed E-state index contributed by atoms with van der Waals surface area (Å²) >= 11 is 1.29. The van der Waals surface area contributed by atoms with Crippen molar-refractivity contribution in [2.24, 2.45) is 0 Å². The third kappa shape index (κ3) is 4.05. The molecule has 37 heavy (non-hydrogen) atoms. The fourth-order valence-electron chi connectivity index (χ4n) is 5.00. The van der Waals surface area contributed by atoms with Gasteiger partial charge >= 0.3 is 6.18 Å². The van der Waals surface area contributed by atoms with Gasteiger partial charge in [0, 0.05) is 22.9 Å². The molecule has 3 aromatic rings. The molecule has 0 bridgehead atoms. The lowest BCUT2D eigenvalue weighted by Crippen LogP contribution is -2.60. The van der Waals surface area contributed by atoms with Crippen LogP contribution in [-0.4, -0.2) is 39.5 Å². The molecule has 1 amide bonds. The highest BCUT2D eigenvalue weighted by Crippen LogP contribution is 2.45. The van der Waals surface area contributed by atoms with Crippen LogP contribution in [-0.2, 0) is 12.2 Å². The standard InChI is InChI=1S/C26H23F4N3O3S/c1-3-15-6-4-7-16-12-37-24-17(8-5-9-18(24)27)21(20(15)16)33-13-31(14(2)26(28,29)30)25(36)22-23(35)19(34)10-11-32(22)33/h4-11,14,21,35H,3,12-13H2,1-2H3/t14?,21-/m0/s1. The van der Waals surface area contributed by atoms with Gasteiger partial charge < -0.3 is 10.0 Å². The van der Waals surface area contributed by atoms with E-state index < -0.39 is 53.5 Å². The van der Waals surface area contributed by atoms with Crippen molar-refractivity contribution in [3.05, 3.63) is 92.6 Å². The lowest BCUT2D eigenvalue weighted by atomic mass is 9.89. The molecular weight excluding hydrogens is 510 g/mol. The van der Waals surface area contributed by atoms with Crippen LogP contribution in [0.4, 0.5) is 17.6 Å². The molecule has 11 heteroatoms. The topological polar surface area (TPSA) is 65.8 Å². The van der Waals surface area contributed by atoms with Crippen LogP contribution >= 0.6 is 11.8 Å². The fourth-order valence-corrected chi connectivity index (χ4v) is 6.10. The van der Waals surface area contributed by atoms with Gasteiger partial charge in [0.2, 0.25) is 5.43 Å². The lowest BCUT2D eigenvalue weighted by molar-refractivity contribution is -0.173. The van der Waals surface area contributed by atoms with Gasteiger partial charge in [-0.2, -0.15) is 13.2 Å². The van der Waals surface area contributed by atoms with Crippen LogP contribution in [0.1, 0.15) is 52.6 Å². The maximum absolute atomic E-state index is 15.1. The number of halogens is 4. The van der Waals surface area contributed by atoms with E-state index in [9.17, 15) is 27.9 Å².